The number of aryl methyl sites for hydroxylation is 1. The molecule has 1 aliphatic rings. The number of amides is 1. The van der Waals surface area contributed by atoms with Gasteiger partial charge < -0.3 is 5.32 Å². The van der Waals surface area contributed by atoms with Crippen LogP contribution in [-0.4, -0.2) is 34.8 Å². The summed E-state index contributed by atoms with van der Waals surface area (Å²) in [5, 5.41) is 14.8. The third kappa shape index (κ3) is 6.09. The molecule has 6 heteroatoms. The standard InChI is InChI=1S/C24H30F2N2O2/c1-17(13-22-9-5-6-12-27-22)28(30)24(29)23(11-10-18-7-3-2-4-8-18)19-14-20(25)16-21(26)15-19/h2-4,7-8,14-17,22-23,27,30H,5-6,9-13H2,1H3. The Morgan fingerprint density at radius 3 is 2.50 bits per heavy atom. The molecule has 1 amide bonds. The Morgan fingerprint density at radius 1 is 1.17 bits per heavy atom. The van der Waals surface area contributed by atoms with Crippen molar-refractivity contribution >= 4 is 5.91 Å². The van der Waals surface area contributed by atoms with Crippen LogP contribution in [0.5, 0.6) is 0 Å². The third-order valence-corrected chi connectivity index (χ3v) is 5.83. The van der Waals surface area contributed by atoms with Gasteiger partial charge in [0.05, 0.1) is 12.0 Å². The van der Waals surface area contributed by atoms with Gasteiger partial charge in [0.1, 0.15) is 11.6 Å². The number of nitrogens with zero attached hydrogens (tertiary/aromatic N) is 1. The highest BCUT2D eigenvalue weighted by Gasteiger charge is 2.30. The summed E-state index contributed by atoms with van der Waals surface area (Å²) < 4.78 is 27.7. The van der Waals surface area contributed by atoms with E-state index in [1.165, 1.54) is 12.1 Å². The molecular weight excluding hydrogens is 386 g/mol. The molecule has 0 spiro atoms. The van der Waals surface area contributed by atoms with Gasteiger partial charge in [0.15, 0.2) is 0 Å². The number of hydrogen-bond donors (Lipinski definition) is 2. The Morgan fingerprint density at radius 2 is 1.87 bits per heavy atom. The van der Waals surface area contributed by atoms with E-state index in [4.69, 9.17) is 0 Å². The van der Waals surface area contributed by atoms with Gasteiger partial charge in [0.25, 0.3) is 5.91 Å². The van der Waals surface area contributed by atoms with Gasteiger partial charge in [0, 0.05) is 12.1 Å². The number of hydroxylamine groups is 2. The Labute approximate surface area is 176 Å². The van der Waals surface area contributed by atoms with Crippen LogP contribution in [0.15, 0.2) is 48.5 Å². The summed E-state index contributed by atoms with van der Waals surface area (Å²) >= 11 is 0. The number of carbonyl (C=O) groups excluding carboxylic acids is 1. The van der Waals surface area contributed by atoms with Gasteiger partial charge in [-0.2, -0.15) is 0 Å². The SMILES string of the molecule is CC(CC1CCCCN1)N(O)C(=O)C(CCc1ccccc1)c1cc(F)cc(F)c1. The highest BCUT2D eigenvalue weighted by Crippen LogP contribution is 2.27. The molecule has 3 atom stereocenters. The van der Waals surface area contributed by atoms with E-state index in [-0.39, 0.29) is 11.6 Å². The quantitative estimate of drug-likeness (QED) is 0.479. The molecule has 1 fully saturated rings. The molecule has 0 aliphatic carbocycles. The summed E-state index contributed by atoms with van der Waals surface area (Å²) in [6.07, 6.45) is 4.81. The van der Waals surface area contributed by atoms with Crippen LogP contribution < -0.4 is 5.32 Å². The van der Waals surface area contributed by atoms with Crippen molar-refractivity contribution in [1.82, 2.24) is 10.4 Å². The molecule has 0 aromatic heterocycles. The van der Waals surface area contributed by atoms with Crippen LogP contribution >= 0.6 is 0 Å². The van der Waals surface area contributed by atoms with Crippen molar-refractivity contribution in [3.8, 4) is 0 Å². The number of nitrogens with one attached hydrogen (secondary N) is 1. The van der Waals surface area contributed by atoms with Crippen LogP contribution in [0.3, 0.4) is 0 Å². The zero-order chi connectivity index (χ0) is 21.5. The van der Waals surface area contributed by atoms with Gasteiger partial charge in [-0.05, 0) is 68.8 Å². The maximum Gasteiger partial charge on any atom is 0.253 e. The molecule has 1 saturated heterocycles. The van der Waals surface area contributed by atoms with Crippen molar-refractivity contribution in [2.45, 2.75) is 63.5 Å². The van der Waals surface area contributed by atoms with E-state index in [0.29, 0.717) is 19.3 Å². The first-order valence-electron chi connectivity index (χ1n) is 10.7. The molecular formula is C24H30F2N2O2. The summed E-state index contributed by atoms with van der Waals surface area (Å²) in [5.41, 5.74) is 1.27. The minimum atomic E-state index is -0.831. The summed E-state index contributed by atoms with van der Waals surface area (Å²) in [6.45, 7) is 2.74. The summed E-state index contributed by atoms with van der Waals surface area (Å²) in [4.78, 5) is 13.2. The largest absolute Gasteiger partial charge is 0.314 e. The second-order valence-electron chi connectivity index (χ2n) is 8.19. The normalized spacial score (nSPS) is 18.6. The van der Waals surface area contributed by atoms with Gasteiger partial charge in [-0.15, -0.1) is 0 Å². The van der Waals surface area contributed by atoms with Crippen molar-refractivity contribution in [1.29, 1.82) is 0 Å². The van der Waals surface area contributed by atoms with Crippen LogP contribution in [-0.2, 0) is 11.2 Å². The molecule has 0 radical (unpaired) electrons. The Kier molecular flexibility index (Phi) is 7.94. The first kappa shape index (κ1) is 22.4. The lowest BCUT2D eigenvalue weighted by Gasteiger charge is -2.31. The maximum atomic E-state index is 13.8. The maximum absolute atomic E-state index is 13.8. The first-order valence-corrected chi connectivity index (χ1v) is 10.7. The van der Waals surface area contributed by atoms with E-state index in [9.17, 15) is 18.8 Å². The Balaban J connectivity index is 1.75. The van der Waals surface area contributed by atoms with Crippen molar-refractivity contribution in [2.24, 2.45) is 0 Å². The summed E-state index contributed by atoms with van der Waals surface area (Å²) in [7, 11) is 0. The van der Waals surface area contributed by atoms with Crippen molar-refractivity contribution in [3.63, 3.8) is 0 Å². The first-order chi connectivity index (χ1) is 14.4. The monoisotopic (exact) mass is 416 g/mol. The molecule has 0 saturated carbocycles. The van der Waals surface area contributed by atoms with Crippen molar-refractivity contribution < 1.29 is 18.8 Å². The van der Waals surface area contributed by atoms with Crippen LogP contribution in [0.1, 0.15) is 56.1 Å². The van der Waals surface area contributed by atoms with Gasteiger partial charge in [-0.25, -0.2) is 13.8 Å². The second-order valence-corrected chi connectivity index (χ2v) is 8.19. The summed E-state index contributed by atoms with van der Waals surface area (Å²) in [5.74, 6) is -2.82. The summed E-state index contributed by atoms with van der Waals surface area (Å²) in [6, 6.07) is 12.6. The minimum Gasteiger partial charge on any atom is -0.314 e. The average molecular weight is 417 g/mol. The lowest BCUT2D eigenvalue weighted by Crippen LogP contribution is -2.44. The topological polar surface area (TPSA) is 52.6 Å². The lowest BCUT2D eigenvalue weighted by molar-refractivity contribution is -0.177. The molecule has 162 valence electrons. The minimum absolute atomic E-state index is 0.246. The van der Waals surface area contributed by atoms with E-state index < -0.39 is 29.5 Å². The molecule has 3 unspecified atom stereocenters. The molecule has 2 aromatic rings. The highest BCUT2D eigenvalue weighted by atomic mass is 19.1. The number of piperidine rings is 1. The fourth-order valence-corrected chi connectivity index (χ4v) is 4.18. The molecule has 30 heavy (non-hydrogen) atoms. The molecule has 2 aromatic carbocycles. The third-order valence-electron chi connectivity index (χ3n) is 5.83. The highest BCUT2D eigenvalue weighted by molar-refractivity contribution is 5.83. The average Bonchev–Trinajstić information content (AvgIpc) is 2.74. The van der Waals surface area contributed by atoms with Crippen molar-refractivity contribution in [3.05, 3.63) is 71.3 Å². The van der Waals surface area contributed by atoms with Gasteiger partial charge >= 0.3 is 0 Å². The van der Waals surface area contributed by atoms with Crippen LogP contribution in [0.25, 0.3) is 0 Å². The Bertz CT molecular complexity index is 805. The van der Waals surface area contributed by atoms with E-state index in [0.717, 1.165) is 42.5 Å². The molecule has 2 N–H and O–H groups in total. The predicted octanol–water partition coefficient (Wildman–Crippen LogP) is 4.82. The van der Waals surface area contributed by atoms with Gasteiger partial charge in [-0.3, -0.25) is 10.0 Å². The molecule has 1 aliphatic heterocycles. The van der Waals surface area contributed by atoms with Crippen molar-refractivity contribution in [2.75, 3.05) is 6.54 Å². The van der Waals surface area contributed by atoms with Crippen LogP contribution in [0, 0.1) is 11.6 Å². The fraction of sp³-hybridized carbons (Fsp3) is 0.458. The van der Waals surface area contributed by atoms with E-state index in [2.05, 4.69) is 5.32 Å². The molecule has 0 bridgehead atoms. The predicted molar refractivity (Wildman–Crippen MR) is 112 cm³/mol. The van der Waals surface area contributed by atoms with Crippen LogP contribution in [0.2, 0.25) is 0 Å². The zero-order valence-corrected chi connectivity index (χ0v) is 17.4. The second kappa shape index (κ2) is 10.6. The molecule has 1 heterocycles. The number of hydrogen-bond acceptors (Lipinski definition) is 3. The fourth-order valence-electron chi connectivity index (χ4n) is 4.18. The smallest absolute Gasteiger partial charge is 0.253 e. The van der Waals surface area contributed by atoms with Gasteiger partial charge in [-0.1, -0.05) is 36.8 Å². The van der Waals surface area contributed by atoms with Gasteiger partial charge in [0.2, 0.25) is 0 Å². The zero-order valence-electron chi connectivity index (χ0n) is 17.4. The number of carbonyl (C=O) groups is 1. The molecule has 4 nitrogen and oxygen atoms in total. The number of halogens is 2. The lowest BCUT2D eigenvalue weighted by atomic mass is 9.90. The van der Waals surface area contributed by atoms with Crippen LogP contribution in [0.4, 0.5) is 8.78 Å². The number of rotatable bonds is 8. The van der Waals surface area contributed by atoms with E-state index in [1.807, 2.05) is 30.3 Å². The van der Waals surface area contributed by atoms with E-state index >= 15 is 0 Å². The number of benzene rings is 2. The van der Waals surface area contributed by atoms with E-state index in [1.54, 1.807) is 6.92 Å². The Hall–Kier alpha value is -2.31. The molecule has 3 rings (SSSR count).